The number of benzene rings is 1. The summed E-state index contributed by atoms with van der Waals surface area (Å²) in [6, 6.07) is 5.46. The Morgan fingerprint density at radius 3 is 2.93 bits per heavy atom. The third-order valence-corrected chi connectivity index (χ3v) is 1.90. The van der Waals surface area contributed by atoms with E-state index in [9.17, 15) is 4.79 Å². The largest absolute Gasteiger partial charge is 0.373 e. The minimum atomic E-state index is -0.442. The summed E-state index contributed by atoms with van der Waals surface area (Å²) in [5.41, 5.74) is 7.30. The van der Waals surface area contributed by atoms with Crippen molar-refractivity contribution in [3.63, 3.8) is 0 Å². The summed E-state index contributed by atoms with van der Waals surface area (Å²) in [6.45, 7) is 2.21. The van der Waals surface area contributed by atoms with Gasteiger partial charge in [-0.2, -0.15) is 0 Å². The summed E-state index contributed by atoms with van der Waals surface area (Å²) >= 11 is 0. The monoisotopic (exact) mass is 188 g/mol. The Balaban J connectivity index is 3.09. The highest BCUT2D eigenvalue weighted by molar-refractivity contribution is 5.99. The van der Waals surface area contributed by atoms with Gasteiger partial charge < -0.3 is 11.1 Å². The van der Waals surface area contributed by atoms with Crippen molar-refractivity contribution in [2.24, 2.45) is 5.73 Å². The SMILES string of the molecule is C#CCNc1cccc(C)c1C(N)=O. The predicted molar refractivity (Wildman–Crippen MR) is 57.0 cm³/mol. The van der Waals surface area contributed by atoms with Gasteiger partial charge in [0.15, 0.2) is 0 Å². The fourth-order valence-electron chi connectivity index (χ4n) is 1.29. The number of amides is 1. The second kappa shape index (κ2) is 4.33. The van der Waals surface area contributed by atoms with Crippen LogP contribution in [0.25, 0.3) is 0 Å². The lowest BCUT2D eigenvalue weighted by molar-refractivity contribution is 0.100. The van der Waals surface area contributed by atoms with Crippen LogP contribution in [0.2, 0.25) is 0 Å². The Kier molecular flexibility index (Phi) is 3.14. The molecule has 0 aliphatic carbocycles. The molecule has 3 nitrogen and oxygen atoms in total. The van der Waals surface area contributed by atoms with Crippen molar-refractivity contribution in [2.75, 3.05) is 11.9 Å². The van der Waals surface area contributed by atoms with Crippen LogP contribution in [0.5, 0.6) is 0 Å². The smallest absolute Gasteiger partial charge is 0.251 e. The van der Waals surface area contributed by atoms with Crippen molar-refractivity contribution in [3.05, 3.63) is 29.3 Å². The Morgan fingerprint density at radius 2 is 2.36 bits per heavy atom. The van der Waals surface area contributed by atoms with Gasteiger partial charge in [-0.1, -0.05) is 18.1 Å². The maximum atomic E-state index is 11.1. The summed E-state index contributed by atoms with van der Waals surface area (Å²) in [6.07, 6.45) is 5.11. The minimum absolute atomic E-state index is 0.379. The zero-order valence-corrected chi connectivity index (χ0v) is 8.00. The fraction of sp³-hybridized carbons (Fsp3) is 0.182. The fourth-order valence-corrected chi connectivity index (χ4v) is 1.29. The van der Waals surface area contributed by atoms with Crippen LogP contribution < -0.4 is 11.1 Å². The molecule has 3 N–H and O–H groups in total. The average Bonchev–Trinajstić information content (AvgIpc) is 2.14. The Morgan fingerprint density at radius 1 is 1.64 bits per heavy atom. The standard InChI is InChI=1S/C11H12N2O/c1-3-7-13-9-6-4-5-8(2)10(9)11(12)14/h1,4-6,13H,7H2,2H3,(H2,12,14). The molecule has 0 aliphatic heterocycles. The summed E-state index contributed by atoms with van der Waals surface area (Å²) in [5, 5.41) is 2.95. The van der Waals surface area contributed by atoms with Gasteiger partial charge in [-0.15, -0.1) is 6.42 Å². The molecule has 3 heteroatoms. The lowest BCUT2D eigenvalue weighted by Crippen LogP contribution is -2.16. The lowest BCUT2D eigenvalue weighted by Gasteiger charge is -2.09. The van der Waals surface area contributed by atoms with Crippen molar-refractivity contribution in [1.29, 1.82) is 0 Å². The molecule has 14 heavy (non-hydrogen) atoms. The molecule has 1 rings (SSSR count). The number of nitrogens with one attached hydrogen (secondary N) is 1. The van der Waals surface area contributed by atoms with Crippen molar-refractivity contribution in [3.8, 4) is 12.3 Å². The summed E-state index contributed by atoms with van der Waals surface area (Å²) < 4.78 is 0. The first-order valence-corrected chi connectivity index (χ1v) is 4.23. The van der Waals surface area contributed by atoms with Crippen LogP contribution in [0.4, 0.5) is 5.69 Å². The Bertz CT molecular complexity index is 391. The number of nitrogens with two attached hydrogens (primary N) is 1. The second-order valence-corrected chi connectivity index (χ2v) is 2.92. The van der Waals surface area contributed by atoms with Crippen LogP contribution >= 0.6 is 0 Å². The summed E-state index contributed by atoms with van der Waals surface area (Å²) in [5.74, 6) is 2.00. The molecule has 0 aliphatic rings. The molecule has 72 valence electrons. The molecule has 0 aromatic heterocycles. The molecule has 0 atom stereocenters. The molecule has 1 amide bonds. The molecule has 0 heterocycles. The summed E-state index contributed by atoms with van der Waals surface area (Å²) in [4.78, 5) is 11.1. The van der Waals surface area contributed by atoms with E-state index in [-0.39, 0.29) is 0 Å². The first-order chi connectivity index (χ1) is 6.66. The number of aryl methyl sites for hydroxylation is 1. The molecule has 1 aromatic carbocycles. The quantitative estimate of drug-likeness (QED) is 0.699. The van der Waals surface area contributed by atoms with Crippen molar-refractivity contribution >= 4 is 11.6 Å². The molecule has 0 unspecified atom stereocenters. The molecule has 0 saturated heterocycles. The first-order valence-electron chi connectivity index (χ1n) is 4.23. The van der Waals surface area contributed by atoms with Gasteiger partial charge in [0.2, 0.25) is 0 Å². The van der Waals surface area contributed by atoms with Crippen molar-refractivity contribution < 1.29 is 4.79 Å². The molecular weight excluding hydrogens is 176 g/mol. The first kappa shape index (κ1) is 10.1. The molecular formula is C11H12N2O. The van der Waals surface area contributed by atoms with Crippen LogP contribution in [0.3, 0.4) is 0 Å². The number of rotatable bonds is 3. The number of carbonyl (C=O) groups excluding carboxylic acids is 1. The number of anilines is 1. The van der Waals surface area contributed by atoms with Crippen molar-refractivity contribution in [2.45, 2.75) is 6.92 Å². The topological polar surface area (TPSA) is 55.1 Å². The van der Waals surface area contributed by atoms with E-state index >= 15 is 0 Å². The van der Waals surface area contributed by atoms with Crippen LogP contribution in [0.15, 0.2) is 18.2 Å². The highest BCUT2D eigenvalue weighted by Gasteiger charge is 2.09. The predicted octanol–water partition coefficient (Wildman–Crippen LogP) is 1.14. The highest BCUT2D eigenvalue weighted by Crippen LogP contribution is 2.18. The third-order valence-electron chi connectivity index (χ3n) is 1.90. The van der Waals surface area contributed by atoms with E-state index in [0.29, 0.717) is 17.8 Å². The minimum Gasteiger partial charge on any atom is -0.373 e. The van der Waals surface area contributed by atoms with E-state index in [1.807, 2.05) is 19.1 Å². The van der Waals surface area contributed by atoms with Gasteiger partial charge in [-0.25, -0.2) is 0 Å². The lowest BCUT2D eigenvalue weighted by atomic mass is 10.1. The Labute approximate surface area is 83.3 Å². The number of hydrogen-bond acceptors (Lipinski definition) is 2. The normalized spacial score (nSPS) is 9.14. The number of hydrogen-bond donors (Lipinski definition) is 2. The van der Waals surface area contributed by atoms with Crippen LogP contribution in [0, 0.1) is 19.3 Å². The van der Waals surface area contributed by atoms with E-state index in [1.165, 1.54) is 0 Å². The molecule has 0 fully saturated rings. The number of primary amides is 1. The maximum Gasteiger partial charge on any atom is 0.251 e. The van der Waals surface area contributed by atoms with E-state index in [1.54, 1.807) is 6.07 Å². The van der Waals surface area contributed by atoms with Gasteiger partial charge >= 0.3 is 0 Å². The van der Waals surface area contributed by atoms with Crippen LogP contribution in [-0.4, -0.2) is 12.5 Å². The zero-order chi connectivity index (χ0) is 10.6. The van der Waals surface area contributed by atoms with Gasteiger partial charge in [0, 0.05) is 5.69 Å². The third kappa shape index (κ3) is 2.05. The van der Waals surface area contributed by atoms with Crippen LogP contribution in [0.1, 0.15) is 15.9 Å². The highest BCUT2D eigenvalue weighted by atomic mass is 16.1. The van der Waals surface area contributed by atoms with E-state index < -0.39 is 5.91 Å². The van der Waals surface area contributed by atoms with Gasteiger partial charge in [0.05, 0.1) is 12.1 Å². The molecule has 0 bridgehead atoms. The van der Waals surface area contributed by atoms with Crippen molar-refractivity contribution in [1.82, 2.24) is 0 Å². The average molecular weight is 188 g/mol. The van der Waals surface area contributed by atoms with Gasteiger partial charge in [-0.05, 0) is 18.6 Å². The molecule has 0 radical (unpaired) electrons. The second-order valence-electron chi connectivity index (χ2n) is 2.92. The molecule has 1 aromatic rings. The Hall–Kier alpha value is -1.95. The maximum absolute atomic E-state index is 11.1. The zero-order valence-electron chi connectivity index (χ0n) is 8.00. The number of carbonyl (C=O) groups is 1. The number of terminal acetylenes is 1. The van der Waals surface area contributed by atoms with Crippen LogP contribution in [-0.2, 0) is 0 Å². The molecule has 0 spiro atoms. The van der Waals surface area contributed by atoms with Gasteiger partial charge in [-0.3, -0.25) is 4.79 Å². The van der Waals surface area contributed by atoms with E-state index in [4.69, 9.17) is 12.2 Å². The van der Waals surface area contributed by atoms with Gasteiger partial charge in [0.1, 0.15) is 0 Å². The van der Waals surface area contributed by atoms with Gasteiger partial charge in [0.25, 0.3) is 5.91 Å². The van der Waals surface area contributed by atoms with E-state index in [0.717, 1.165) is 5.56 Å². The van der Waals surface area contributed by atoms with E-state index in [2.05, 4.69) is 11.2 Å². The summed E-state index contributed by atoms with van der Waals surface area (Å²) in [7, 11) is 0. The molecule has 0 saturated carbocycles.